The molecule has 0 aromatic heterocycles. The van der Waals surface area contributed by atoms with Gasteiger partial charge in [0.1, 0.15) is 5.75 Å². The molecule has 1 aromatic rings. The molecule has 1 rings (SSSR count). The van der Waals surface area contributed by atoms with Crippen LogP contribution in [0, 0.1) is 0 Å². The maximum Gasteiger partial charge on any atom is 0.118 e. The summed E-state index contributed by atoms with van der Waals surface area (Å²) in [6, 6.07) is 9.19. The number of nitrogens with one attached hydrogen (secondary N) is 1. The highest BCUT2D eigenvalue weighted by atomic mass is 16.5. The van der Waals surface area contributed by atoms with Crippen molar-refractivity contribution in [3.8, 4) is 5.75 Å². The molecule has 3 heteroatoms. The summed E-state index contributed by atoms with van der Waals surface area (Å²) in [5.74, 6) is 0.915. The lowest BCUT2D eigenvalue weighted by Gasteiger charge is -2.19. The number of rotatable bonds is 8. The van der Waals surface area contributed by atoms with Gasteiger partial charge in [-0.1, -0.05) is 12.1 Å². The van der Waals surface area contributed by atoms with Crippen molar-refractivity contribution in [1.29, 1.82) is 0 Å². The first kappa shape index (κ1) is 15.0. The Balaban J connectivity index is 2.30. The largest absolute Gasteiger partial charge is 0.497 e. The third kappa shape index (κ3) is 5.52. The SMILES string of the molecule is COC[C@@H](C)N[C@H](C)CCc1ccc(OC)cc1. The van der Waals surface area contributed by atoms with Crippen LogP contribution in [-0.2, 0) is 11.2 Å². The molecule has 0 bridgehead atoms. The Morgan fingerprint density at radius 2 is 1.72 bits per heavy atom. The molecule has 0 amide bonds. The van der Waals surface area contributed by atoms with Crippen LogP contribution in [0.25, 0.3) is 0 Å². The van der Waals surface area contributed by atoms with Crippen molar-refractivity contribution in [1.82, 2.24) is 5.32 Å². The van der Waals surface area contributed by atoms with E-state index in [1.54, 1.807) is 14.2 Å². The zero-order valence-corrected chi connectivity index (χ0v) is 11.9. The highest BCUT2D eigenvalue weighted by Gasteiger charge is 2.07. The summed E-state index contributed by atoms with van der Waals surface area (Å²) in [6.07, 6.45) is 2.21. The predicted octanol–water partition coefficient (Wildman–Crippen LogP) is 2.64. The molecular formula is C15H25NO2. The van der Waals surface area contributed by atoms with E-state index in [1.165, 1.54) is 5.56 Å². The molecule has 0 fully saturated rings. The van der Waals surface area contributed by atoms with Crippen molar-refractivity contribution in [2.45, 2.75) is 38.8 Å². The highest BCUT2D eigenvalue weighted by Crippen LogP contribution is 2.13. The Morgan fingerprint density at radius 1 is 1.06 bits per heavy atom. The number of methoxy groups -OCH3 is 2. The normalized spacial score (nSPS) is 14.2. The van der Waals surface area contributed by atoms with E-state index in [-0.39, 0.29) is 0 Å². The van der Waals surface area contributed by atoms with Gasteiger partial charge in [0.2, 0.25) is 0 Å². The Kier molecular flexibility index (Phi) is 6.76. The second kappa shape index (κ2) is 8.11. The average molecular weight is 251 g/mol. The van der Waals surface area contributed by atoms with Crippen LogP contribution in [0.1, 0.15) is 25.8 Å². The Bertz CT molecular complexity index is 324. The maximum absolute atomic E-state index is 5.15. The molecule has 1 N–H and O–H groups in total. The molecule has 0 radical (unpaired) electrons. The molecule has 0 aliphatic rings. The van der Waals surface area contributed by atoms with Gasteiger partial charge in [-0.25, -0.2) is 0 Å². The van der Waals surface area contributed by atoms with Crippen molar-refractivity contribution in [3.63, 3.8) is 0 Å². The molecule has 3 nitrogen and oxygen atoms in total. The number of aryl methyl sites for hydroxylation is 1. The van der Waals surface area contributed by atoms with Gasteiger partial charge in [0.05, 0.1) is 13.7 Å². The first-order chi connectivity index (χ1) is 8.65. The molecule has 0 unspecified atom stereocenters. The van der Waals surface area contributed by atoms with Gasteiger partial charge < -0.3 is 14.8 Å². The number of benzene rings is 1. The van der Waals surface area contributed by atoms with Gasteiger partial charge in [0.15, 0.2) is 0 Å². The Labute approximate surface area is 110 Å². The number of ether oxygens (including phenoxy) is 2. The molecule has 0 aliphatic carbocycles. The molecule has 1 aromatic carbocycles. The summed E-state index contributed by atoms with van der Waals surface area (Å²) >= 11 is 0. The molecule has 0 spiro atoms. The predicted molar refractivity (Wildman–Crippen MR) is 75.3 cm³/mol. The smallest absolute Gasteiger partial charge is 0.118 e. The third-order valence-electron chi connectivity index (χ3n) is 3.01. The first-order valence-corrected chi connectivity index (χ1v) is 6.53. The van der Waals surface area contributed by atoms with Gasteiger partial charge >= 0.3 is 0 Å². The fraction of sp³-hybridized carbons (Fsp3) is 0.600. The lowest BCUT2D eigenvalue weighted by Crippen LogP contribution is -2.37. The zero-order chi connectivity index (χ0) is 13.4. The van der Waals surface area contributed by atoms with Crippen molar-refractivity contribution in [3.05, 3.63) is 29.8 Å². The van der Waals surface area contributed by atoms with E-state index in [4.69, 9.17) is 9.47 Å². The van der Waals surface area contributed by atoms with E-state index < -0.39 is 0 Å². The number of hydrogen-bond donors (Lipinski definition) is 1. The van der Waals surface area contributed by atoms with Crippen LogP contribution >= 0.6 is 0 Å². The maximum atomic E-state index is 5.15. The topological polar surface area (TPSA) is 30.5 Å². The summed E-state index contributed by atoms with van der Waals surface area (Å²) in [6.45, 7) is 5.12. The zero-order valence-electron chi connectivity index (χ0n) is 11.9. The van der Waals surface area contributed by atoms with Crippen molar-refractivity contribution in [2.75, 3.05) is 20.8 Å². The van der Waals surface area contributed by atoms with E-state index in [0.29, 0.717) is 12.1 Å². The van der Waals surface area contributed by atoms with E-state index in [1.807, 2.05) is 12.1 Å². The molecule has 0 saturated carbocycles. The van der Waals surface area contributed by atoms with Crippen molar-refractivity contribution < 1.29 is 9.47 Å². The van der Waals surface area contributed by atoms with Crippen LogP contribution in [0.3, 0.4) is 0 Å². The summed E-state index contributed by atoms with van der Waals surface area (Å²) in [4.78, 5) is 0. The lowest BCUT2D eigenvalue weighted by molar-refractivity contribution is 0.167. The highest BCUT2D eigenvalue weighted by molar-refractivity contribution is 5.27. The minimum atomic E-state index is 0.404. The Hall–Kier alpha value is -1.06. The number of hydrogen-bond acceptors (Lipinski definition) is 3. The molecular weight excluding hydrogens is 226 g/mol. The fourth-order valence-corrected chi connectivity index (χ4v) is 2.04. The first-order valence-electron chi connectivity index (χ1n) is 6.53. The van der Waals surface area contributed by atoms with E-state index in [2.05, 4.69) is 31.3 Å². The van der Waals surface area contributed by atoms with Gasteiger partial charge in [-0.05, 0) is 44.4 Å². The van der Waals surface area contributed by atoms with E-state index >= 15 is 0 Å². The second-order valence-electron chi connectivity index (χ2n) is 4.81. The van der Waals surface area contributed by atoms with E-state index in [9.17, 15) is 0 Å². The molecule has 102 valence electrons. The van der Waals surface area contributed by atoms with E-state index in [0.717, 1.165) is 25.2 Å². The van der Waals surface area contributed by atoms with Gasteiger partial charge in [-0.3, -0.25) is 0 Å². The van der Waals surface area contributed by atoms with Crippen LogP contribution in [0.15, 0.2) is 24.3 Å². The third-order valence-corrected chi connectivity index (χ3v) is 3.01. The summed E-state index contributed by atoms with van der Waals surface area (Å²) in [5.41, 5.74) is 1.35. The minimum absolute atomic E-state index is 0.404. The molecule has 0 aliphatic heterocycles. The lowest BCUT2D eigenvalue weighted by atomic mass is 10.1. The van der Waals surface area contributed by atoms with Crippen LogP contribution in [0.5, 0.6) is 5.75 Å². The molecule has 2 atom stereocenters. The van der Waals surface area contributed by atoms with Crippen LogP contribution in [0.4, 0.5) is 0 Å². The van der Waals surface area contributed by atoms with Gasteiger partial charge in [-0.2, -0.15) is 0 Å². The monoisotopic (exact) mass is 251 g/mol. The van der Waals surface area contributed by atoms with Crippen LogP contribution in [0.2, 0.25) is 0 Å². The minimum Gasteiger partial charge on any atom is -0.497 e. The van der Waals surface area contributed by atoms with Gasteiger partial charge in [0, 0.05) is 19.2 Å². The molecule has 18 heavy (non-hydrogen) atoms. The average Bonchev–Trinajstić information content (AvgIpc) is 2.37. The van der Waals surface area contributed by atoms with Gasteiger partial charge in [0.25, 0.3) is 0 Å². The Morgan fingerprint density at radius 3 is 2.28 bits per heavy atom. The van der Waals surface area contributed by atoms with Crippen molar-refractivity contribution >= 4 is 0 Å². The standard InChI is InChI=1S/C15H25NO2/c1-12(16-13(2)11-17-3)5-6-14-7-9-15(18-4)10-8-14/h7-10,12-13,16H,5-6,11H2,1-4H3/t12-,13-/m1/s1. The van der Waals surface area contributed by atoms with Crippen LogP contribution in [-0.4, -0.2) is 32.9 Å². The fourth-order valence-electron chi connectivity index (χ4n) is 2.04. The quantitative estimate of drug-likeness (QED) is 0.770. The molecule has 0 saturated heterocycles. The molecule has 0 heterocycles. The summed E-state index contributed by atoms with van der Waals surface area (Å²) < 4.78 is 10.3. The summed E-state index contributed by atoms with van der Waals surface area (Å²) in [5, 5.41) is 3.52. The van der Waals surface area contributed by atoms with Crippen LogP contribution < -0.4 is 10.1 Å². The second-order valence-corrected chi connectivity index (χ2v) is 4.81. The van der Waals surface area contributed by atoms with Gasteiger partial charge in [-0.15, -0.1) is 0 Å². The van der Waals surface area contributed by atoms with Crippen molar-refractivity contribution in [2.24, 2.45) is 0 Å². The summed E-state index contributed by atoms with van der Waals surface area (Å²) in [7, 11) is 3.43.